The van der Waals surface area contributed by atoms with E-state index in [4.69, 9.17) is 0 Å². The number of ketones is 2. The molecule has 0 atom stereocenters. The third kappa shape index (κ3) is 10.6. The van der Waals surface area contributed by atoms with Gasteiger partial charge in [-0.25, -0.2) is 0 Å². The van der Waals surface area contributed by atoms with Crippen molar-refractivity contribution >= 4 is 130 Å². The Labute approximate surface area is 407 Å². The normalized spacial score (nSPS) is 15.9. The molecule has 29 heteroatoms. The molecule has 2 aliphatic rings. The molecule has 0 aliphatic heterocycles. The van der Waals surface area contributed by atoms with E-state index >= 15 is 0 Å². The van der Waals surface area contributed by atoms with Crippen molar-refractivity contribution in [3.05, 3.63) is 143 Å². The summed E-state index contributed by atoms with van der Waals surface area (Å²) in [5, 5.41) is 18.6. The van der Waals surface area contributed by atoms with E-state index in [0.717, 1.165) is 60.7 Å². The van der Waals surface area contributed by atoms with E-state index in [1.165, 1.54) is 67.6 Å². The summed E-state index contributed by atoms with van der Waals surface area (Å²) >= 11 is 0. The lowest BCUT2D eigenvalue weighted by Crippen LogP contribution is -2.26. The van der Waals surface area contributed by atoms with Gasteiger partial charge in [0.05, 0.1) is 32.6 Å². The number of fused-ring (bicyclic) bond motifs is 3. The Balaban J connectivity index is 1.08. The fourth-order valence-corrected chi connectivity index (χ4v) is 10.4. The molecule has 0 fully saturated rings. The SMILES string of the molecule is CC1=C/C(=N/N=C2/C(=O)c3cc(Nc4cccc(S(=O)(=O)O)c4)ccc3C=C2S(=O)(=O)O)C(=O)C=C1N=Nc1ccc(NNc2cc(S(=O)(=O)O)c3cccc(S(=O)(=O)O)c3c2)c2cc(S(=O)(=O)O)ccc12. The number of anilines is 4. The average Bonchev–Trinajstić information content (AvgIpc) is 3.29. The molecular weight excluding hydrogens is 1050 g/mol. The van der Waals surface area contributed by atoms with Crippen molar-refractivity contribution in [2.24, 2.45) is 20.4 Å². The summed E-state index contributed by atoms with van der Waals surface area (Å²) in [6, 6.07) is 20.7. The predicted octanol–water partition coefficient (Wildman–Crippen LogP) is 6.58. The van der Waals surface area contributed by atoms with Gasteiger partial charge in [0.25, 0.3) is 50.6 Å². The van der Waals surface area contributed by atoms with Gasteiger partial charge in [-0.15, -0.1) is 15.3 Å². The smallest absolute Gasteiger partial charge is 0.296 e. The number of Topliss-reactive ketones (excluding diaryl/α,β-unsaturated/α-hetero) is 1. The number of benzene rings is 6. The van der Waals surface area contributed by atoms with Crippen LogP contribution in [0.1, 0.15) is 22.8 Å². The summed E-state index contributed by atoms with van der Waals surface area (Å²) in [5.74, 6) is -1.88. The highest BCUT2D eigenvalue weighted by atomic mass is 32.2. The zero-order valence-electron chi connectivity index (χ0n) is 36.0. The topological polar surface area (TPSA) is 392 Å². The lowest BCUT2D eigenvalue weighted by Gasteiger charge is -2.17. The zero-order valence-corrected chi connectivity index (χ0v) is 40.1. The lowest BCUT2D eigenvalue weighted by atomic mass is 9.94. The van der Waals surface area contributed by atoms with Crippen LogP contribution >= 0.6 is 0 Å². The summed E-state index contributed by atoms with van der Waals surface area (Å²) < 4.78 is 171. The van der Waals surface area contributed by atoms with Gasteiger partial charge in [-0.2, -0.15) is 47.2 Å². The van der Waals surface area contributed by atoms with E-state index in [9.17, 15) is 74.4 Å². The molecule has 370 valence electrons. The first-order valence-electron chi connectivity index (χ1n) is 19.9. The molecule has 0 saturated carbocycles. The molecule has 6 aromatic carbocycles. The average molecular weight is 1080 g/mol. The van der Waals surface area contributed by atoms with Crippen molar-refractivity contribution in [3.8, 4) is 0 Å². The minimum absolute atomic E-state index is 0.0308. The van der Waals surface area contributed by atoms with Gasteiger partial charge in [-0.05, 0) is 103 Å². The fourth-order valence-electron chi connectivity index (χ4n) is 7.30. The molecule has 0 amide bonds. The Hall–Kier alpha value is -7.71. The van der Waals surface area contributed by atoms with Crippen molar-refractivity contribution in [2.45, 2.75) is 26.5 Å². The van der Waals surface area contributed by atoms with Crippen LogP contribution in [0.15, 0.2) is 171 Å². The summed E-state index contributed by atoms with van der Waals surface area (Å²) in [6.07, 6.45) is 3.14. The molecule has 0 unspecified atom stereocenters. The van der Waals surface area contributed by atoms with Gasteiger partial charge in [0, 0.05) is 44.6 Å². The van der Waals surface area contributed by atoms with Crippen LogP contribution in [-0.4, -0.2) is 87.8 Å². The van der Waals surface area contributed by atoms with Crippen molar-refractivity contribution < 1.29 is 74.4 Å². The maximum absolute atomic E-state index is 13.8. The number of carbonyl (C=O) groups is 2. The number of hydrogen-bond donors (Lipinski definition) is 8. The number of nitrogens with one attached hydrogen (secondary N) is 3. The van der Waals surface area contributed by atoms with Crippen molar-refractivity contribution in [2.75, 3.05) is 16.2 Å². The van der Waals surface area contributed by atoms with E-state index in [1.54, 1.807) is 0 Å². The summed E-state index contributed by atoms with van der Waals surface area (Å²) in [7, 11) is -24.4. The first-order valence-corrected chi connectivity index (χ1v) is 27.1. The molecule has 0 bridgehead atoms. The van der Waals surface area contributed by atoms with Crippen molar-refractivity contribution in [3.63, 3.8) is 0 Å². The van der Waals surface area contributed by atoms with Gasteiger partial charge in [-0.3, -0.25) is 32.4 Å². The van der Waals surface area contributed by atoms with Gasteiger partial charge in [0.2, 0.25) is 11.6 Å². The van der Waals surface area contributed by atoms with Crippen LogP contribution in [0.25, 0.3) is 27.6 Å². The summed E-state index contributed by atoms with van der Waals surface area (Å²) in [6.45, 7) is 1.49. The number of rotatable bonds is 13. The molecule has 6 aromatic rings. The molecule has 72 heavy (non-hydrogen) atoms. The van der Waals surface area contributed by atoms with Crippen molar-refractivity contribution in [1.29, 1.82) is 0 Å². The number of hydrogen-bond acceptors (Lipinski definition) is 19. The number of nitrogens with zero attached hydrogens (tertiary/aromatic N) is 4. The Morgan fingerprint density at radius 3 is 1.86 bits per heavy atom. The van der Waals surface area contributed by atoms with E-state index in [2.05, 4.69) is 36.6 Å². The van der Waals surface area contributed by atoms with E-state index in [1.807, 2.05) is 0 Å². The number of azo groups is 1. The third-order valence-corrected chi connectivity index (χ3v) is 15.0. The van der Waals surface area contributed by atoms with E-state index < -0.39 is 98.1 Å². The molecule has 0 radical (unpaired) electrons. The van der Waals surface area contributed by atoms with Crippen LogP contribution in [0.4, 0.5) is 28.4 Å². The molecule has 24 nitrogen and oxygen atoms in total. The largest absolute Gasteiger partial charge is 0.355 e. The van der Waals surface area contributed by atoms with Crippen LogP contribution < -0.4 is 16.2 Å². The monoisotopic (exact) mass is 1080 g/mol. The second kappa shape index (κ2) is 18.5. The number of carbonyl (C=O) groups excluding carboxylic acids is 2. The van der Waals surface area contributed by atoms with Crippen LogP contribution in [0.2, 0.25) is 0 Å². The lowest BCUT2D eigenvalue weighted by molar-refractivity contribution is -0.108. The highest BCUT2D eigenvalue weighted by Gasteiger charge is 2.33. The molecule has 8 rings (SSSR count). The van der Waals surface area contributed by atoms with Crippen molar-refractivity contribution in [1.82, 2.24) is 0 Å². The van der Waals surface area contributed by atoms with E-state index in [-0.39, 0.29) is 72.4 Å². The molecule has 2 aliphatic carbocycles. The Kier molecular flexibility index (Phi) is 13.0. The summed E-state index contributed by atoms with van der Waals surface area (Å²) in [4.78, 5) is 23.8. The van der Waals surface area contributed by atoms with Crippen LogP contribution in [0, 0.1) is 0 Å². The molecule has 0 heterocycles. The van der Waals surface area contributed by atoms with Gasteiger partial charge >= 0.3 is 0 Å². The quantitative estimate of drug-likeness (QED) is 0.0262. The van der Waals surface area contributed by atoms with Crippen LogP contribution in [0.5, 0.6) is 0 Å². The maximum atomic E-state index is 13.8. The minimum Gasteiger partial charge on any atom is -0.355 e. The molecule has 8 N–H and O–H groups in total. The highest BCUT2D eigenvalue weighted by molar-refractivity contribution is 7.91. The Bertz CT molecular complexity index is 4210. The standard InChI is InChI=1S/C43H31N7O17S5/c1-22-14-37(49-50-42-41(72(65,66)67)15-23-8-9-25(17-31(23)43(42)52)44-24-4-2-5-27(16-24)68(53,54)55)38(51)21-36(22)48-47-34-12-13-35(32-20-28(69(56,57)58)10-11-29(32)34)46-45-26-18-33-30(40(19-26)71(62,63)64)6-3-7-39(33)70(59,60)61/h2-21,44-46H,1H3,(H,53,54,55)(H,56,57,58)(H,59,60,61)(H,62,63,64)(H,65,66,67)/b48-47?,49-37-,50-42+. The highest BCUT2D eigenvalue weighted by Crippen LogP contribution is 2.37. The number of hydrazine groups is 1. The predicted molar refractivity (Wildman–Crippen MR) is 261 cm³/mol. The molecular formula is C43H31N7O17S5. The Morgan fingerprint density at radius 2 is 1.18 bits per heavy atom. The fraction of sp³-hybridized carbons (Fsp3) is 0.0233. The molecule has 0 saturated heterocycles. The maximum Gasteiger partial charge on any atom is 0.296 e. The molecule has 0 aromatic heterocycles. The van der Waals surface area contributed by atoms with Gasteiger partial charge < -0.3 is 16.2 Å². The van der Waals surface area contributed by atoms with Crippen LogP contribution in [0.3, 0.4) is 0 Å². The van der Waals surface area contributed by atoms with Crippen LogP contribution in [-0.2, 0) is 55.4 Å². The van der Waals surface area contributed by atoms with Gasteiger partial charge in [-0.1, -0.05) is 30.3 Å². The first-order chi connectivity index (χ1) is 33.6. The molecule has 0 spiro atoms. The Morgan fingerprint density at radius 1 is 0.500 bits per heavy atom. The van der Waals surface area contributed by atoms with Gasteiger partial charge in [0.1, 0.15) is 20.4 Å². The summed E-state index contributed by atoms with van der Waals surface area (Å²) in [5.41, 5.74) is 4.61. The number of allylic oxidation sites excluding steroid dienone is 4. The third-order valence-electron chi connectivity index (χ3n) is 10.6. The minimum atomic E-state index is -5.11. The second-order valence-corrected chi connectivity index (χ2v) is 22.5. The van der Waals surface area contributed by atoms with E-state index in [0.29, 0.717) is 0 Å². The zero-order chi connectivity index (χ0) is 52.3. The second-order valence-electron chi connectivity index (χ2n) is 15.4. The first kappa shape index (κ1) is 50.7. The van der Waals surface area contributed by atoms with Gasteiger partial charge in [0.15, 0.2) is 5.71 Å².